The molecule has 1 aliphatic rings. The van der Waals surface area contributed by atoms with Gasteiger partial charge in [0, 0.05) is 70.0 Å². The first kappa shape index (κ1) is 28.1. The third-order valence-corrected chi connectivity index (χ3v) is 7.12. The van der Waals surface area contributed by atoms with Gasteiger partial charge in [0.15, 0.2) is 0 Å². The smallest absolute Gasteiger partial charge is 0.323 e. The SMILES string of the molecule is COCCCNC(=O)c1cc(NC(=O)Nc2cccc(C)c2C)ccc1N1CCN(Cc2ccccc2)CC1. The number of urea groups is 1. The lowest BCUT2D eigenvalue weighted by Gasteiger charge is -2.37. The normalized spacial score (nSPS) is 13.7. The van der Waals surface area contributed by atoms with Crippen LogP contribution in [0.5, 0.6) is 0 Å². The fourth-order valence-corrected chi connectivity index (χ4v) is 4.74. The van der Waals surface area contributed by atoms with Crippen molar-refractivity contribution in [1.82, 2.24) is 10.2 Å². The molecule has 3 aromatic carbocycles. The molecule has 1 aliphatic heterocycles. The Labute approximate surface area is 231 Å². The van der Waals surface area contributed by atoms with Crippen LogP contribution in [0, 0.1) is 13.8 Å². The number of hydrogen-bond acceptors (Lipinski definition) is 5. The van der Waals surface area contributed by atoms with Crippen LogP contribution in [0.2, 0.25) is 0 Å². The fraction of sp³-hybridized carbons (Fsp3) is 0.355. The van der Waals surface area contributed by atoms with Gasteiger partial charge in [-0.25, -0.2) is 4.79 Å². The summed E-state index contributed by atoms with van der Waals surface area (Å²) < 4.78 is 5.11. The maximum Gasteiger partial charge on any atom is 0.323 e. The number of piperazine rings is 1. The molecule has 1 fully saturated rings. The van der Waals surface area contributed by atoms with Crippen LogP contribution in [0.15, 0.2) is 66.7 Å². The van der Waals surface area contributed by atoms with Crippen molar-refractivity contribution in [2.24, 2.45) is 0 Å². The standard InChI is InChI=1S/C31H39N5O3/c1-23-9-7-12-28(24(23)2)34-31(38)33-26-13-14-29(27(21-26)30(37)32-15-8-20-39-3)36-18-16-35(17-19-36)22-25-10-5-4-6-11-25/h4-7,9-14,21H,8,15-20,22H2,1-3H3,(H,32,37)(H2,33,34,38). The molecular formula is C31H39N5O3. The first-order chi connectivity index (χ1) is 18.9. The van der Waals surface area contributed by atoms with Gasteiger partial charge in [-0.2, -0.15) is 0 Å². The van der Waals surface area contributed by atoms with Crippen molar-refractivity contribution in [3.8, 4) is 0 Å². The Morgan fingerprint density at radius 3 is 2.41 bits per heavy atom. The summed E-state index contributed by atoms with van der Waals surface area (Å²) in [4.78, 5) is 30.8. The van der Waals surface area contributed by atoms with E-state index in [0.29, 0.717) is 24.4 Å². The average molecular weight is 530 g/mol. The van der Waals surface area contributed by atoms with E-state index in [-0.39, 0.29) is 11.9 Å². The van der Waals surface area contributed by atoms with Gasteiger partial charge < -0.3 is 25.6 Å². The largest absolute Gasteiger partial charge is 0.385 e. The molecule has 0 spiro atoms. The lowest BCUT2D eigenvalue weighted by molar-refractivity contribution is 0.0949. The van der Waals surface area contributed by atoms with E-state index in [4.69, 9.17) is 4.74 Å². The summed E-state index contributed by atoms with van der Waals surface area (Å²) in [6, 6.07) is 21.5. The predicted molar refractivity (Wildman–Crippen MR) is 158 cm³/mol. The highest BCUT2D eigenvalue weighted by atomic mass is 16.5. The second kappa shape index (κ2) is 13.8. The molecular weight excluding hydrogens is 490 g/mol. The van der Waals surface area contributed by atoms with Crippen LogP contribution >= 0.6 is 0 Å². The van der Waals surface area contributed by atoms with E-state index in [1.165, 1.54) is 5.56 Å². The molecule has 3 amide bonds. The zero-order valence-electron chi connectivity index (χ0n) is 23.1. The summed E-state index contributed by atoms with van der Waals surface area (Å²) in [6.45, 7) is 9.44. The number of hydrogen-bond donors (Lipinski definition) is 3. The molecule has 8 nitrogen and oxygen atoms in total. The first-order valence-corrected chi connectivity index (χ1v) is 13.5. The van der Waals surface area contributed by atoms with Gasteiger partial charge >= 0.3 is 6.03 Å². The molecule has 1 heterocycles. The highest BCUT2D eigenvalue weighted by Gasteiger charge is 2.22. The molecule has 3 aromatic rings. The molecule has 0 atom stereocenters. The van der Waals surface area contributed by atoms with Crippen LogP contribution in [0.3, 0.4) is 0 Å². The highest BCUT2D eigenvalue weighted by molar-refractivity contribution is 6.04. The Bertz CT molecular complexity index is 1260. The van der Waals surface area contributed by atoms with Gasteiger partial charge in [-0.1, -0.05) is 42.5 Å². The van der Waals surface area contributed by atoms with E-state index in [0.717, 1.165) is 61.6 Å². The van der Waals surface area contributed by atoms with Crippen molar-refractivity contribution in [2.75, 3.05) is 62.0 Å². The van der Waals surface area contributed by atoms with Crippen molar-refractivity contribution in [3.05, 3.63) is 89.0 Å². The Morgan fingerprint density at radius 1 is 0.897 bits per heavy atom. The number of anilines is 3. The van der Waals surface area contributed by atoms with Gasteiger partial charge in [-0.05, 0) is 61.2 Å². The summed E-state index contributed by atoms with van der Waals surface area (Å²) >= 11 is 0. The topological polar surface area (TPSA) is 85.9 Å². The van der Waals surface area contributed by atoms with E-state index >= 15 is 0 Å². The number of carbonyl (C=O) groups excluding carboxylic acids is 2. The zero-order chi connectivity index (χ0) is 27.6. The molecule has 0 radical (unpaired) electrons. The number of amides is 3. The summed E-state index contributed by atoms with van der Waals surface area (Å²) in [7, 11) is 1.65. The van der Waals surface area contributed by atoms with Gasteiger partial charge in [-0.15, -0.1) is 0 Å². The minimum atomic E-state index is -0.350. The molecule has 206 valence electrons. The van der Waals surface area contributed by atoms with Gasteiger partial charge in [0.25, 0.3) is 5.91 Å². The predicted octanol–water partition coefficient (Wildman–Crippen LogP) is 5.04. The molecule has 0 unspecified atom stereocenters. The van der Waals surface area contributed by atoms with Crippen LogP contribution in [-0.2, 0) is 11.3 Å². The van der Waals surface area contributed by atoms with Crippen LogP contribution in [0.1, 0.15) is 33.5 Å². The lowest BCUT2D eigenvalue weighted by atomic mass is 10.1. The van der Waals surface area contributed by atoms with Crippen LogP contribution in [-0.4, -0.2) is 63.3 Å². The molecule has 0 bridgehead atoms. The van der Waals surface area contributed by atoms with E-state index in [2.05, 4.69) is 50.0 Å². The van der Waals surface area contributed by atoms with Gasteiger partial charge in [0.05, 0.1) is 5.56 Å². The van der Waals surface area contributed by atoms with E-state index in [1.807, 2.05) is 50.2 Å². The number of carbonyl (C=O) groups is 2. The second-order valence-corrected chi connectivity index (χ2v) is 9.91. The number of nitrogens with zero attached hydrogens (tertiary/aromatic N) is 2. The van der Waals surface area contributed by atoms with Crippen molar-refractivity contribution in [3.63, 3.8) is 0 Å². The number of aryl methyl sites for hydroxylation is 1. The number of benzene rings is 3. The Balaban J connectivity index is 1.46. The molecule has 1 saturated heterocycles. The minimum absolute atomic E-state index is 0.161. The number of ether oxygens (including phenoxy) is 1. The molecule has 4 rings (SSSR count). The molecule has 3 N–H and O–H groups in total. The summed E-state index contributed by atoms with van der Waals surface area (Å²) in [5.41, 5.74) is 6.17. The Morgan fingerprint density at radius 2 is 1.67 bits per heavy atom. The van der Waals surface area contributed by atoms with Crippen molar-refractivity contribution in [1.29, 1.82) is 0 Å². The maximum atomic E-state index is 13.3. The van der Waals surface area contributed by atoms with Crippen molar-refractivity contribution in [2.45, 2.75) is 26.8 Å². The van der Waals surface area contributed by atoms with Crippen LogP contribution < -0.4 is 20.9 Å². The second-order valence-electron chi connectivity index (χ2n) is 9.91. The first-order valence-electron chi connectivity index (χ1n) is 13.5. The van der Waals surface area contributed by atoms with Crippen molar-refractivity contribution < 1.29 is 14.3 Å². The van der Waals surface area contributed by atoms with Crippen molar-refractivity contribution >= 4 is 29.0 Å². The third-order valence-electron chi connectivity index (χ3n) is 7.12. The van der Waals surface area contributed by atoms with Gasteiger partial charge in [0.1, 0.15) is 0 Å². The van der Waals surface area contributed by atoms with E-state index in [9.17, 15) is 9.59 Å². The summed E-state index contributed by atoms with van der Waals surface area (Å²) in [6.07, 6.45) is 0.728. The third kappa shape index (κ3) is 7.81. The van der Waals surface area contributed by atoms with Gasteiger partial charge in [-0.3, -0.25) is 9.69 Å². The zero-order valence-corrected chi connectivity index (χ0v) is 23.1. The maximum absolute atomic E-state index is 13.3. The molecule has 0 saturated carbocycles. The summed E-state index contributed by atoms with van der Waals surface area (Å²) in [5.74, 6) is -0.161. The highest BCUT2D eigenvalue weighted by Crippen LogP contribution is 2.27. The minimum Gasteiger partial charge on any atom is -0.385 e. The molecule has 0 aliphatic carbocycles. The van der Waals surface area contributed by atoms with Crippen LogP contribution in [0.25, 0.3) is 0 Å². The Hall–Kier alpha value is -3.88. The van der Waals surface area contributed by atoms with E-state index < -0.39 is 0 Å². The van der Waals surface area contributed by atoms with Crippen LogP contribution in [0.4, 0.5) is 21.9 Å². The lowest BCUT2D eigenvalue weighted by Crippen LogP contribution is -2.46. The van der Waals surface area contributed by atoms with Gasteiger partial charge in [0.2, 0.25) is 0 Å². The average Bonchev–Trinajstić information content (AvgIpc) is 2.94. The number of methoxy groups -OCH3 is 1. The monoisotopic (exact) mass is 529 g/mol. The molecule has 39 heavy (non-hydrogen) atoms. The fourth-order valence-electron chi connectivity index (χ4n) is 4.74. The van der Waals surface area contributed by atoms with E-state index in [1.54, 1.807) is 13.2 Å². The molecule has 8 heteroatoms. The number of rotatable bonds is 10. The summed E-state index contributed by atoms with van der Waals surface area (Å²) in [5, 5.41) is 8.82. The number of nitrogens with one attached hydrogen (secondary N) is 3. The quantitative estimate of drug-likeness (QED) is 0.321. The Kier molecular flexibility index (Phi) is 9.94. The molecule has 0 aromatic heterocycles.